The number of nitrogens with zero attached hydrogens (tertiary/aromatic N) is 2. The molecule has 0 amide bonds. The molecule has 0 spiro atoms. The van der Waals surface area contributed by atoms with Gasteiger partial charge in [0.15, 0.2) is 0 Å². The first kappa shape index (κ1) is 12.7. The van der Waals surface area contributed by atoms with Gasteiger partial charge in [0, 0.05) is 13.0 Å². The summed E-state index contributed by atoms with van der Waals surface area (Å²) in [5.41, 5.74) is 2.19. The molecule has 2 aromatic rings. The Bertz CT molecular complexity index is 610. The van der Waals surface area contributed by atoms with Gasteiger partial charge in [-0.2, -0.15) is 0 Å². The number of fused-ring (bicyclic) bond motifs is 1. The van der Waals surface area contributed by atoms with Crippen LogP contribution < -0.4 is 10.1 Å². The molecule has 0 bridgehead atoms. The van der Waals surface area contributed by atoms with Crippen LogP contribution in [0.15, 0.2) is 42.7 Å². The maximum Gasteiger partial charge on any atom is 0.226 e. The molecule has 0 fully saturated rings. The summed E-state index contributed by atoms with van der Waals surface area (Å²) in [5.74, 6) is 1.48. The molecular weight excluding hydrogens is 250 g/mol. The van der Waals surface area contributed by atoms with Crippen molar-refractivity contribution in [3.05, 3.63) is 53.9 Å². The van der Waals surface area contributed by atoms with Crippen LogP contribution in [0.2, 0.25) is 0 Å². The lowest BCUT2D eigenvalue weighted by Crippen LogP contribution is -2.18. The van der Waals surface area contributed by atoms with Gasteiger partial charge in [-0.1, -0.05) is 36.4 Å². The molecule has 4 heteroatoms. The zero-order valence-electron chi connectivity index (χ0n) is 11.4. The zero-order chi connectivity index (χ0) is 13.8. The molecule has 0 saturated heterocycles. The Morgan fingerprint density at radius 1 is 1.25 bits per heavy atom. The van der Waals surface area contributed by atoms with E-state index in [1.54, 1.807) is 0 Å². The van der Waals surface area contributed by atoms with E-state index in [2.05, 4.69) is 34.3 Å². The quantitative estimate of drug-likeness (QED) is 0.925. The second-order valence-corrected chi connectivity index (χ2v) is 4.84. The summed E-state index contributed by atoms with van der Waals surface area (Å²) < 4.78 is 5.97. The van der Waals surface area contributed by atoms with Gasteiger partial charge in [-0.25, -0.2) is 9.97 Å². The molecule has 0 radical (unpaired) electrons. The summed E-state index contributed by atoms with van der Waals surface area (Å²) in [6.45, 7) is 2.85. The number of hydrogen-bond donors (Lipinski definition) is 1. The van der Waals surface area contributed by atoms with E-state index in [4.69, 9.17) is 4.74 Å². The van der Waals surface area contributed by atoms with Crippen LogP contribution in [0.5, 0.6) is 5.88 Å². The second-order valence-electron chi connectivity index (χ2n) is 4.84. The first-order valence-electron chi connectivity index (χ1n) is 6.79. The van der Waals surface area contributed by atoms with Crippen molar-refractivity contribution in [1.29, 1.82) is 0 Å². The van der Waals surface area contributed by atoms with Gasteiger partial charge in [0.05, 0.1) is 5.56 Å². The largest absolute Gasteiger partial charge is 0.474 e. The molecule has 4 nitrogen and oxygen atoms in total. The molecule has 0 aliphatic carbocycles. The highest BCUT2D eigenvalue weighted by Gasteiger charge is 2.15. The monoisotopic (exact) mass is 267 g/mol. The lowest BCUT2D eigenvalue weighted by atomic mass is 10.1. The molecule has 1 aliphatic rings. The van der Waals surface area contributed by atoms with Crippen LogP contribution >= 0.6 is 0 Å². The number of aromatic nitrogens is 2. The molecular formula is C16H17N3O. The summed E-state index contributed by atoms with van der Waals surface area (Å²) in [7, 11) is 0. The van der Waals surface area contributed by atoms with Gasteiger partial charge < -0.3 is 10.1 Å². The van der Waals surface area contributed by atoms with Gasteiger partial charge >= 0.3 is 0 Å². The van der Waals surface area contributed by atoms with Crippen LogP contribution in [0.3, 0.4) is 0 Å². The smallest absolute Gasteiger partial charge is 0.226 e. The summed E-state index contributed by atoms with van der Waals surface area (Å²) in [5, 5.41) is 3.21. The average molecular weight is 267 g/mol. The molecule has 1 aromatic carbocycles. The molecule has 3 rings (SSSR count). The van der Waals surface area contributed by atoms with E-state index in [1.165, 1.54) is 11.9 Å². The van der Waals surface area contributed by atoms with Crippen molar-refractivity contribution in [2.75, 3.05) is 11.9 Å². The number of rotatable bonds is 4. The highest BCUT2D eigenvalue weighted by atomic mass is 16.5. The minimum atomic E-state index is 0.0618. The van der Waals surface area contributed by atoms with E-state index in [9.17, 15) is 0 Å². The fourth-order valence-corrected chi connectivity index (χ4v) is 2.28. The maximum absolute atomic E-state index is 5.97. The third-order valence-electron chi connectivity index (χ3n) is 3.20. The number of ether oxygens (including phenoxy) is 1. The Morgan fingerprint density at radius 2 is 2.10 bits per heavy atom. The van der Waals surface area contributed by atoms with Crippen molar-refractivity contribution >= 4 is 11.9 Å². The normalized spacial score (nSPS) is 14.2. The van der Waals surface area contributed by atoms with Crippen molar-refractivity contribution in [2.24, 2.45) is 0 Å². The molecule has 1 aliphatic heterocycles. The molecule has 1 unspecified atom stereocenters. The van der Waals surface area contributed by atoms with Crippen LogP contribution in [0.1, 0.15) is 18.1 Å². The number of nitrogens with one attached hydrogen (secondary N) is 1. The minimum Gasteiger partial charge on any atom is -0.474 e. The van der Waals surface area contributed by atoms with Crippen LogP contribution in [-0.4, -0.2) is 22.6 Å². The highest BCUT2D eigenvalue weighted by Crippen LogP contribution is 2.26. The van der Waals surface area contributed by atoms with Gasteiger partial charge in [0.1, 0.15) is 18.2 Å². The van der Waals surface area contributed by atoms with Gasteiger partial charge in [-0.05, 0) is 18.6 Å². The van der Waals surface area contributed by atoms with Crippen LogP contribution in [0, 0.1) is 0 Å². The van der Waals surface area contributed by atoms with Crippen LogP contribution in [-0.2, 0) is 6.42 Å². The minimum absolute atomic E-state index is 0.0618. The lowest BCUT2D eigenvalue weighted by Gasteiger charge is -2.18. The molecule has 1 N–H and O–H groups in total. The van der Waals surface area contributed by atoms with E-state index in [0.29, 0.717) is 5.88 Å². The van der Waals surface area contributed by atoms with Crippen molar-refractivity contribution in [3.63, 3.8) is 0 Å². The topological polar surface area (TPSA) is 47.0 Å². The van der Waals surface area contributed by atoms with E-state index in [-0.39, 0.29) is 6.10 Å². The fourth-order valence-electron chi connectivity index (χ4n) is 2.28. The molecule has 1 aromatic heterocycles. The highest BCUT2D eigenvalue weighted by molar-refractivity contribution is 5.70. The van der Waals surface area contributed by atoms with Crippen molar-refractivity contribution in [1.82, 2.24) is 9.97 Å². The summed E-state index contributed by atoms with van der Waals surface area (Å²) in [4.78, 5) is 8.47. The zero-order valence-corrected chi connectivity index (χ0v) is 11.4. The Morgan fingerprint density at radius 3 is 2.95 bits per heavy atom. The molecule has 20 heavy (non-hydrogen) atoms. The van der Waals surface area contributed by atoms with E-state index < -0.39 is 0 Å². The first-order valence-corrected chi connectivity index (χ1v) is 6.79. The predicted molar refractivity (Wildman–Crippen MR) is 79.8 cm³/mol. The predicted octanol–water partition coefficient (Wildman–Crippen LogP) is 2.93. The molecule has 0 saturated carbocycles. The van der Waals surface area contributed by atoms with E-state index >= 15 is 0 Å². The summed E-state index contributed by atoms with van der Waals surface area (Å²) in [6.07, 6.45) is 6.51. The molecule has 1 atom stereocenters. The van der Waals surface area contributed by atoms with Gasteiger partial charge in [-0.3, -0.25) is 0 Å². The maximum atomic E-state index is 5.97. The van der Waals surface area contributed by atoms with Crippen LogP contribution in [0.25, 0.3) is 6.08 Å². The third kappa shape index (κ3) is 2.79. The Kier molecular flexibility index (Phi) is 3.63. The van der Waals surface area contributed by atoms with Gasteiger partial charge in [-0.15, -0.1) is 0 Å². The van der Waals surface area contributed by atoms with Crippen molar-refractivity contribution in [2.45, 2.75) is 19.4 Å². The Balaban J connectivity index is 1.74. The molecule has 102 valence electrons. The molecule has 2 heterocycles. The number of hydrogen-bond acceptors (Lipinski definition) is 4. The van der Waals surface area contributed by atoms with Crippen LogP contribution in [0.4, 0.5) is 5.82 Å². The first-order chi connectivity index (χ1) is 9.83. The van der Waals surface area contributed by atoms with E-state index in [0.717, 1.165) is 24.3 Å². The Hall–Kier alpha value is -2.36. The van der Waals surface area contributed by atoms with Crippen molar-refractivity contribution in [3.8, 4) is 5.88 Å². The van der Waals surface area contributed by atoms with E-state index in [1.807, 2.05) is 30.4 Å². The second kappa shape index (κ2) is 5.74. The van der Waals surface area contributed by atoms with Gasteiger partial charge in [0.25, 0.3) is 0 Å². The summed E-state index contributed by atoms with van der Waals surface area (Å²) >= 11 is 0. The SMILES string of the molecule is CC(Cc1ccccc1)Oc1ncnc2c1C=CCN2. The third-order valence-corrected chi connectivity index (χ3v) is 3.20. The Labute approximate surface area is 118 Å². The standard InChI is InChI=1S/C16H17N3O/c1-12(10-13-6-3-2-4-7-13)20-16-14-8-5-9-17-15(14)18-11-19-16/h2-8,11-12H,9-10H2,1H3,(H,17,18,19). The fraction of sp³-hybridized carbons (Fsp3) is 0.250. The number of benzene rings is 1. The average Bonchev–Trinajstić information content (AvgIpc) is 2.48. The van der Waals surface area contributed by atoms with Crippen molar-refractivity contribution < 1.29 is 4.74 Å². The lowest BCUT2D eigenvalue weighted by molar-refractivity contribution is 0.212. The van der Waals surface area contributed by atoms with Gasteiger partial charge in [0.2, 0.25) is 5.88 Å². The summed E-state index contributed by atoms with van der Waals surface area (Å²) in [6, 6.07) is 10.3. The number of anilines is 1.